The molecular weight excluding hydrogens is 324 g/mol. The molecule has 0 unspecified atom stereocenters. The standard InChI is InChI=1S/C17H26N4O4/c1-4-9-18-17(24)20-16(23)12-21(5-2)11-15(22)19-13-7-6-8-14(10-13)25-3/h6-8,10H,4-5,9,11-12H2,1-3H3,(H,19,22)(H2,18,20,23,24). The topological polar surface area (TPSA) is 99.8 Å². The van der Waals surface area contributed by atoms with Gasteiger partial charge in [0.15, 0.2) is 0 Å². The fourth-order valence-electron chi connectivity index (χ4n) is 2.04. The van der Waals surface area contributed by atoms with Gasteiger partial charge in [-0.25, -0.2) is 4.79 Å². The molecule has 0 atom stereocenters. The molecule has 1 rings (SSSR count). The largest absolute Gasteiger partial charge is 0.497 e. The van der Waals surface area contributed by atoms with Crippen LogP contribution in [0.1, 0.15) is 20.3 Å². The predicted molar refractivity (Wildman–Crippen MR) is 95.6 cm³/mol. The molecule has 0 bridgehead atoms. The van der Waals surface area contributed by atoms with Crippen molar-refractivity contribution in [3.63, 3.8) is 0 Å². The third-order valence-corrected chi connectivity index (χ3v) is 3.32. The average molecular weight is 350 g/mol. The van der Waals surface area contributed by atoms with E-state index in [0.29, 0.717) is 24.5 Å². The van der Waals surface area contributed by atoms with Crippen molar-refractivity contribution in [2.75, 3.05) is 38.6 Å². The summed E-state index contributed by atoms with van der Waals surface area (Å²) in [5.41, 5.74) is 0.615. The van der Waals surface area contributed by atoms with Crippen molar-refractivity contribution >= 4 is 23.5 Å². The van der Waals surface area contributed by atoms with Gasteiger partial charge in [-0.2, -0.15) is 0 Å². The molecule has 0 spiro atoms. The first-order valence-electron chi connectivity index (χ1n) is 8.22. The lowest BCUT2D eigenvalue weighted by atomic mass is 10.3. The molecule has 138 valence electrons. The van der Waals surface area contributed by atoms with E-state index in [1.54, 1.807) is 36.3 Å². The molecule has 0 radical (unpaired) electrons. The zero-order valence-electron chi connectivity index (χ0n) is 14.9. The number of ether oxygens (including phenoxy) is 1. The van der Waals surface area contributed by atoms with Crippen molar-refractivity contribution in [3.05, 3.63) is 24.3 Å². The zero-order chi connectivity index (χ0) is 18.7. The lowest BCUT2D eigenvalue weighted by Crippen LogP contribution is -2.46. The fourth-order valence-corrected chi connectivity index (χ4v) is 2.04. The van der Waals surface area contributed by atoms with Crippen molar-refractivity contribution in [2.24, 2.45) is 0 Å². The number of rotatable bonds is 9. The van der Waals surface area contributed by atoms with Gasteiger partial charge in [0.05, 0.1) is 20.2 Å². The van der Waals surface area contributed by atoms with E-state index in [-0.39, 0.29) is 19.0 Å². The summed E-state index contributed by atoms with van der Waals surface area (Å²) in [6, 6.07) is 6.49. The van der Waals surface area contributed by atoms with E-state index in [9.17, 15) is 14.4 Å². The van der Waals surface area contributed by atoms with Crippen LogP contribution in [0.15, 0.2) is 24.3 Å². The van der Waals surface area contributed by atoms with Gasteiger partial charge in [-0.15, -0.1) is 0 Å². The molecule has 8 nitrogen and oxygen atoms in total. The molecular formula is C17H26N4O4. The maximum atomic E-state index is 12.1. The van der Waals surface area contributed by atoms with Crippen LogP contribution in [-0.4, -0.2) is 56.0 Å². The van der Waals surface area contributed by atoms with Gasteiger partial charge in [-0.05, 0) is 25.1 Å². The summed E-state index contributed by atoms with van der Waals surface area (Å²) in [6.07, 6.45) is 0.785. The monoisotopic (exact) mass is 350 g/mol. The number of nitrogens with zero attached hydrogens (tertiary/aromatic N) is 1. The van der Waals surface area contributed by atoms with Crippen LogP contribution in [0.4, 0.5) is 10.5 Å². The Balaban J connectivity index is 2.47. The summed E-state index contributed by atoms with van der Waals surface area (Å²) >= 11 is 0. The number of urea groups is 1. The third kappa shape index (κ3) is 8.16. The Morgan fingerprint density at radius 1 is 1.12 bits per heavy atom. The van der Waals surface area contributed by atoms with Crippen molar-refractivity contribution in [1.82, 2.24) is 15.5 Å². The Bertz CT molecular complexity index is 592. The van der Waals surface area contributed by atoms with E-state index in [1.807, 2.05) is 13.8 Å². The summed E-state index contributed by atoms with van der Waals surface area (Å²) in [5, 5.41) is 7.55. The molecule has 1 aromatic rings. The van der Waals surface area contributed by atoms with E-state index in [4.69, 9.17) is 4.74 Å². The molecule has 4 amide bonds. The fraction of sp³-hybridized carbons (Fsp3) is 0.471. The van der Waals surface area contributed by atoms with Gasteiger partial charge in [0.2, 0.25) is 11.8 Å². The van der Waals surface area contributed by atoms with Crippen LogP contribution in [0.2, 0.25) is 0 Å². The molecule has 1 aromatic carbocycles. The third-order valence-electron chi connectivity index (χ3n) is 3.32. The van der Waals surface area contributed by atoms with Gasteiger partial charge >= 0.3 is 6.03 Å². The quantitative estimate of drug-likeness (QED) is 0.621. The second-order valence-electron chi connectivity index (χ2n) is 5.39. The minimum Gasteiger partial charge on any atom is -0.497 e. The van der Waals surface area contributed by atoms with E-state index in [1.165, 1.54) is 0 Å². The normalized spacial score (nSPS) is 10.2. The lowest BCUT2D eigenvalue weighted by Gasteiger charge is -2.19. The summed E-state index contributed by atoms with van der Waals surface area (Å²) in [4.78, 5) is 37.1. The summed E-state index contributed by atoms with van der Waals surface area (Å²) < 4.78 is 5.10. The van der Waals surface area contributed by atoms with Crippen molar-refractivity contribution in [2.45, 2.75) is 20.3 Å². The average Bonchev–Trinajstić information content (AvgIpc) is 2.59. The molecule has 0 heterocycles. The highest BCUT2D eigenvalue weighted by atomic mass is 16.5. The highest BCUT2D eigenvalue weighted by Gasteiger charge is 2.15. The SMILES string of the molecule is CCCNC(=O)NC(=O)CN(CC)CC(=O)Nc1cccc(OC)c1. The number of hydrogen-bond donors (Lipinski definition) is 3. The van der Waals surface area contributed by atoms with Gasteiger partial charge in [-0.1, -0.05) is 19.9 Å². The maximum absolute atomic E-state index is 12.1. The first-order chi connectivity index (χ1) is 12.0. The van der Waals surface area contributed by atoms with Crippen LogP contribution in [-0.2, 0) is 9.59 Å². The number of carbonyl (C=O) groups excluding carboxylic acids is 3. The van der Waals surface area contributed by atoms with E-state index < -0.39 is 11.9 Å². The molecule has 0 aliphatic carbocycles. The molecule has 0 fully saturated rings. The van der Waals surface area contributed by atoms with Gasteiger partial charge in [0.25, 0.3) is 0 Å². The van der Waals surface area contributed by atoms with E-state index in [0.717, 1.165) is 6.42 Å². The second kappa shape index (κ2) is 11.0. The summed E-state index contributed by atoms with van der Waals surface area (Å²) in [7, 11) is 1.55. The highest BCUT2D eigenvalue weighted by Crippen LogP contribution is 2.16. The Morgan fingerprint density at radius 3 is 2.48 bits per heavy atom. The summed E-state index contributed by atoms with van der Waals surface area (Å²) in [5.74, 6) is -0.0643. The Hall–Kier alpha value is -2.61. The molecule has 0 saturated carbocycles. The first-order valence-corrected chi connectivity index (χ1v) is 8.22. The number of likely N-dealkylation sites (N-methyl/N-ethyl adjacent to an activating group) is 1. The van der Waals surface area contributed by atoms with Crippen LogP contribution in [0.25, 0.3) is 0 Å². The highest BCUT2D eigenvalue weighted by molar-refractivity contribution is 5.96. The number of benzene rings is 1. The molecule has 0 aliphatic heterocycles. The van der Waals surface area contributed by atoms with Gasteiger partial charge in [-0.3, -0.25) is 19.8 Å². The molecule has 0 aromatic heterocycles. The number of imide groups is 1. The van der Waals surface area contributed by atoms with Crippen LogP contribution >= 0.6 is 0 Å². The van der Waals surface area contributed by atoms with Crippen LogP contribution in [0.5, 0.6) is 5.75 Å². The maximum Gasteiger partial charge on any atom is 0.321 e. The minimum atomic E-state index is -0.524. The van der Waals surface area contributed by atoms with Crippen molar-refractivity contribution < 1.29 is 19.1 Å². The van der Waals surface area contributed by atoms with Gasteiger partial charge in [0.1, 0.15) is 5.75 Å². The Labute approximate surface area is 147 Å². The minimum absolute atomic E-state index is 0.0394. The van der Waals surface area contributed by atoms with Crippen molar-refractivity contribution in [3.8, 4) is 5.75 Å². The van der Waals surface area contributed by atoms with Crippen LogP contribution < -0.4 is 20.7 Å². The number of amides is 4. The Morgan fingerprint density at radius 2 is 1.84 bits per heavy atom. The van der Waals surface area contributed by atoms with E-state index >= 15 is 0 Å². The number of hydrogen-bond acceptors (Lipinski definition) is 5. The zero-order valence-corrected chi connectivity index (χ0v) is 14.9. The molecule has 25 heavy (non-hydrogen) atoms. The van der Waals surface area contributed by atoms with Gasteiger partial charge < -0.3 is 15.4 Å². The number of carbonyl (C=O) groups is 3. The van der Waals surface area contributed by atoms with Crippen LogP contribution in [0, 0.1) is 0 Å². The molecule has 3 N–H and O–H groups in total. The van der Waals surface area contributed by atoms with E-state index in [2.05, 4.69) is 16.0 Å². The predicted octanol–water partition coefficient (Wildman–Crippen LogP) is 1.19. The van der Waals surface area contributed by atoms with Gasteiger partial charge in [0, 0.05) is 18.3 Å². The van der Waals surface area contributed by atoms with Crippen LogP contribution in [0.3, 0.4) is 0 Å². The number of anilines is 1. The summed E-state index contributed by atoms with van der Waals surface area (Å²) in [6.45, 7) is 4.75. The van der Waals surface area contributed by atoms with Crippen molar-refractivity contribution in [1.29, 1.82) is 0 Å². The number of methoxy groups -OCH3 is 1. The second-order valence-corrected chi connectivity index (χ2v) is 5.39. The molecule has 0 saturated heterocycles. The molecule has 8 heteroatoms. The number of nitrogens with one attached hydrogen (secondary N) is 3. The Kier molecular flexibility index (Phi) is 9.02. The first kappa shape index (κ1) is 20.4. The smallest absolute Gasteiger partial charge is 0.321 e. The molecule has 0 aliphatic rings. The lowest BCUT2D eigenvalue weighted by molar-refractivity contribution is -0.122.